The maximum Gasteiger partial charge on any atom is 0.286 e. The second kappa shape index (κ2) is 5.92. The van der Waals surface area contributed by atoms with E-state index in [1.165, 1.54) is 15.3 Å². The lowest BCUT2D eigenvalue weighted by Gasteiger charge is -2.09. The Balaban J connectivity index is 2.03. The van der Waals surface area contributed by atoms with E-state index in [1.807, 2.05) is 13.0 Å². The van der Waals surface area contributed by atoms with Gasteiger partial charge in [0, 0.05) is 20.6 Å². The molecule has 22 heavy (non-hydrogen) atoms. The third kappa shape index (κ3) is 2.85. The molecule has 2 heterocycles. The number of nitrogens with two attached hydrogens (primary N) is 1. The number of benzene rings is 1. The third-order valence-corrected chi connectivity index (χ3v) is 5.01. The Morgan fingerprint density at radius 2 is 1.95 bits per heavy atom. The second-order valence-electron chi connectivity index (χ2n) is 5.00. The van der Waals surface area contributed by atoms with Gasteiger partial charge in [-0.15, -0.1) is 0 Å². The van der Waals surface area contributed by atoms with E-state index in [4.69, 9.17) is 5.73 Å². The quantitative estimate of drug-likeness (QED) is 0.593. The van der Waals surface area contributed by atoms with Gasteiger partial charge in [0.15, 0.2) is 5.17 Å². The number of carbonyl (C=O) groups excluding carboxylic acids is 1. The van der Waals surface area contributed by atoms with Gasteiger partial charge in [-0.05, 0) is 90.2 Å². The summed E-state index contributed by atoms with van der Waals surface area (Å²) in [7, 11) is 0. The van der Waals surface area contributed by atoms with Crippen molar-refractivity contribution in [3.05, 3.63) is 55.8 Å². The van der Waals surface area contributed by atoms with Crippen LogP contribution in [0.25, 0.3) is 11.8 Å². The first kappa shape index (κ1) is 15.4. The van der Waals surface area contributed by atoms with E-state index in [2.05, 4.69) is 69.4 Å². The highest BCUT2D eigenvalue weighted by molar-refractivity contribution is 14.1. The number of amides is 1. The Kier molecular flexibility index (Phi) is 4.14. The SMILES string of the molecule is Cc1cc(/C=C2\SC(N)=NC2=O)c(C)n1-c1ccc(I)cc1. The predicted molar refractivity (Wildman–Crippen MR) is 100 cm³/mol. The van der Waals surface area contributed by atoms with Crippen LogP contribution in [0.5, 0.6) is 0 Å². The van der Waals surface area contributed by atoms with Crippen molar-refractivity contribution in [1.29, 1.82) is 0 Å². The molecule has 0 saturated carbocycles. The van der Waals surface area contributed by atoms with Gasteiger partial charge in [-0.2, -0.15) is 4.99 Å². The smallest absolute Gasteiger partial charge is 0.286 e. The van der Waals surface area contributed by atoms with E-state index in [-0.39, 0.29) is 5.91 Å². The van der Waals surface area contributed by atoms with Crippen LogP contribution < -0.4 is 5.73 Å². The maximum atomic E-state index is 11.7. The Morgan fingerprint density at radius 1 is 1.27 bits per heavy atom. The van der Waals surface area contributed by atoms with Gasteiger partial charge in [0.25, 0.3) is 5.91 Å². The Morgan fingerprint density at radius 3 is 2.55 bits per heavy atom. The monoisotopic (exact) mass is 423 g/mol. The Hall–Kier alpha value is -1.54. The summed E-state index contributed by atoms with van der Waals surface area (Å²) in [5, 5.41) is 0.308. The van der Waals surface area contributed by atoms with Crippen LogP contribution in [0.4, 0.5) is 0 Å². The highest BCUT2D eigenvalue weighted by Crippen LogP contribution is 2.29. The van der Waals surface area contributed by atoms with E-state index >= 15 is 0 Å². The van der Waals surface area contributed by atoms with Crippen molar-refractivity contribution in [2.75, 3.05) is 0 Å². The van der Waals surface area contributed by atoms with Crippen LogP contribution >= 0.6 is 34.4 Å². The van der Waals surface area contributed by atoms with Gasteiger partial charge in [0.1, 0.15) is 0 Å². The number of hydrogen-bond acceptors (Lipinski definition) is 3. The molecule has 0 unspecified atom stereocenters. The van der Waals surface area contributed by atoms with Gasteiger partial charge in [-0.1, -0.05) is 0 Å². The first-order chi connectivity index (χ1) is 10.5. The fourth-order valence-corrected chi connectivity index (χ4v) is 3.52. The minimum absolute atomic E-state index is 0.262. The summed E-state index contributed by atoms with van der Waals surface area (Å²) in [6.45, 7) is 4.10. The third-order valence-electron chi connectivity index (χ3n) is 3.48. The average Bonchev–Trinajstić information content (AvgIpc) is 2.92. The standard InChI is InChI=1S/C16H14IN3OS/c1-9-7-11(8-14-15(21)19-16(18)22-14)10(2)20(9)13-5-3-12(17)4-6-13/h3-8H,1-2H3,(H2,18,19,21)/b14-8-. The summed E-state index contributed by atoms with van der Waals surface area (Å²) in [5.41, 5.74) is 9.92. The summed E-state index contributed by atoms with van der Waals surface area (Å²) >= 11 is 3.51. The van der Waals surface area contributed by atoms with E-state index in [0.717, 1.165) is 22.6 Å². The van der Waals surface area contributed by atoms with Crippen molar-refractivity contribution in [1.82, 2.24) is 4.57 Å². The fourth-order valence-electron chi connectivity index (χ4n) is 2.49. The maximum absolute atomic E-state index is 11.7. The van der Waals surface area contributed by atoms with Gasteiger partial charge < -0.3 is 10.3 Å². The topological polar surface area (TPSA) is 60.4 Å². The number of carbonyl (C=O) groups is 1. The largest absolute Gasteiger partial charge is 0.378 e. The second-order valence-corrected chi connectivity index (χ2v) is 7.31. The number of halogens is 1. The summed E-state index contributed by atoms with van der Waals surface area (Å²) in [5.74, 6) is -0.262. The normalized spacial score (nSPS) is 16.4. The number of hydrogen-bond donors (Lipinski definition) is 1. The molecule has 112 valence electrons. The van der Waals surface area contributed by atoms with Crippen molar-refractivity contribution in [2.45, 2.75) is 13.8 Å². The summed E-state index contributed by atoms with van der Waals surface area (Å²) in [4.78, 5) is 16.0. The molecule has 0 spiro atoms. The van der Waals surface area contributed by atoms with E-state index in [0.29, 0.717) is 10.1 Å². The molecule has 1 aromatic heterocycles. The highest BCUT2D eigenvalue weighted by atomic mass is 127. The van der Waals surface area contributed by atoms with Crippen molar-refractivity contribution in [3.8, 4) is 5.69 Å². The number of amidine groups is 1. The Bertz CT molecular complexity index is 819. The number of nitrogens with zero attached hydrogens (tertiary/aromatic N) is 2. The molecule has 1 aromatic carbocycles. The molecule has 0 atom stereocenters. The first-order valence-electron chi connectivity index (χ1n) is 6.68. The summed E-state index contributed by atoms with van der Waals surface area (Å²) in [6, 6.07) is 10.4. The molecule has 1 aliphatic heterocycles. The predicted octanol–water partition coefficient (Wildman–Crippen LogP) is 3.63. The molecule has 2 aromatic rings. The molecule has 3 rings (SSSR count). The summed E-state index contributed by atoms with van der Waals surface area (Å²) < 4.78 is 3.38. The number of rotatable bonds is 2. The number of aliphatic imine (C=N–C) groups is 1. The molecule has 6 heteroatoms. The van der Waals surface area contributed by atoms with Crippen LogP contribution in [0, 0.1) is 17.4 Å². The lowest BCUT2D eigenvalue weighted by atomic mass is 10.2. The zero-order chi connectivity index (χ0) is 15.9. The number of aromatic nitrogens is 1. The van der Waals surface area contributed by atoms with Crippen LogP contribution in [0.3, 0.4) is 0 Å². The molecular formula is C16H14IN3OS. The molecular weight excluding hydrogens is 409 g/mol. The Labute approximate surface area is 146 Å². The molecule has 0 radical (unpaired) electrons. The molecule has 2 N–H and O–H groups in total. The first-order valence-corrected chi connectivity index (χ1v) is 8.58. The minimum Gasteiger partial charge on any atom is -0.378 e. The molecule has 0 bridgehead atoms. The van der Waals surface area contributed by atoms with Gasteiger partial charge in [0.2, 0.25) is 0 Å². The molecule has 0 fully saturated rings. The van der Waals surface area contributed by atoms with E-state index in [9.17, 15) is 4.79 Å². The van der Waals surface area contributed by atoms with Gasteiger partial charge in [0.05, 0.1) is 4.91 Å². The van der Waals surface area contributed by atoms with Crippen molar-refractivity contribution >= 4 is 51.5 Å². The average molecular weight is 423 g/mol. The van der Waals surface area contributed by atoms with Crippen LogP contribution in [0.1, 0.15) is 17.0 Å². The highest BCUT2D eigenvalue weighted by Gasteiger charge is 2.20. The van der Waals surface area contributed by atoms with Gasteiger partial charge in [-0.25, -0.2) is 0 Å². The zero-order valence-corrected chi connectivity index (χ0v) is 15.1. The zero-order valence-electron chi connectivity index (χ0n) is 12.1. The fraction of sp³-hybridized carbons (Fsp3) is 0.125. The van der Waals surface area contributed by atoms with Crippen molar-refractivity contribution in [2.24, 2.45) is 10.7 Å². The van der Waals surface area contributed by atoms with Crippen molar-refractivity contribution < 1.29 is 4.79 Å². The van der Waals surface area contributed by atoms with Crippen LogP contribution in [-0.2, 0) is 4.79 Å². The van der Waals surface area contributed by atoms with Gasteiger partial charge >= 0.3 is 0 Å². The lowest BCUT2D eigenvalue weighted by Crippen LogP contribution is -2.01. The molecule has 0 aliphatic carbocycles. The summed E-state index contributed by atoms with van der Waals surface area (Å²) in [6.07, 6.45) is 1.86. The van der Waals surface area contributed by atoms with Crippen molar-refractivity contribution in [3.63, 3.8) is 0 Å². The molecule has 1 amide bonds. The molecule has 0 saturated heterocycles. The van der Waals surface area contributed by atoms with Gasteiger partial charge in [-0.3, -0.25) is 4.79 Å². The van der Waals surface area contributed by atoms with Crippen LogP contribution in [-0.4, -0.2) is 15.6 Å². The number of aryl methyl sites for hydroxylation is 1. The number of thioether (sulfide) groups is 1. The minimum atomic E-state index is -0.262. The van der Waals surface area contributed by atoms with Crippen LogP contribution in [0.2, 0.25) is 0 Å². The lowest BCUT2D eigenvalue weighted by molar-refractivity contribution is -0.113. The van der Waals surface area contributed by atoms with Crippen LogP contribution in [0.15, 0.2) is 40.2 Å². The van der Waals surface area contributed by atoms with E-state index in [1.54, 1.807) is 0 Å². The molecule has 1 aliphatic rings. The van der Waals surface area contributed by atoms with E-state index < -0.39 is 0 Å². The molecule has 4 nitrogen and oxygen atoms in total.